The van der Waals surface area contributed by atoms with Crippen LogP contribution in [0.15, 0.2) is 303 Å². The van der Waals surface area contributed by atoms with Gasteiger partial charge < -0.3 is 28.7 Å². The molecule has 13 aromatic carbocycles. The number of benzene rings is 13. The summed E-state index contributed by atoms with van der Waals surface area (Å²) < 4.78 is 5.28. The van der Waals surface area contributed by atoms with E-state index in [4.69, 9.17) is 0 Å². The summed E-state index contributed by atoms with van der Waals surface area (Å²) in [7, 11) is 0. The predicted octanol–water partition coefficient (Wildman–Crippen LogP) is 16.0. The van der Waals surface area contributed by atoms with Gasteiger partial charge in [-0.3, -0.25) is 0 Å². The molecule has 0 spiro atoms. The lowest BCUT2D eigenvalue weighted by Gasteiger charge is -2.41. The molecule has 19 rings (SSSR count). The molecule has 2 aromatic heterocycles. The van der Waals surface area contributed by atoms with Gasteiger partial charge in [0.15, 0.2) is 0 Å². The summed E-state index contributed by atoms with van der Waals surface area (Å²) in [5, 5.41) is 4.94. The van der Waals surface area contributed by atoms with E-state index in [1.165, 1.54) is 111 Å². The summed E-state index contributed by atoms with van der Waals surface area (Å²) in [6, 6.07) is 113. The fraction of sp³-hybridized carbons (Fsp3) is 0. The van der Waals surface area contributed by atoms with Gasteiger partial charge in [-0.05, 0) is 154 Å². The Kier molecular flexibility index (Phi) is 9.98. The Morgan fingerprint density at radius 2 is 0.547 bits per heavy atom. The third-order valence-corrected chi connectivity index (χ3v) is 18.7. The molecule has 0 radical (unpaired) electrons. The molecule has 86 heavy (non-hydrogen) atoms. The Morgan fingerprint density at radius 3 is 0.919 bits per heavy atom. The van der Waals surface area contributed by atoms with Gasteiger partial charge in [0.1, 0.15) is 0 Å². The normalized spacial score (nSPS) is 13.0. The highest BCUT2D eigenvalue weighted by Gasteiger charge is 2.45. The molecule has 4 aliphatic rings. The fourth-order valence-electron chi connectivity index (χ4n) is 15.4. The summed E-state index contributed by atoms with van der Waals surface area (Å²) >= 11 is 0. The zero-order valence-electron chi connectivity index (χ0n) is 46.7. The molecule has 0 saturated carbocycles. The number of para-hydroxylation sites is 10. The van der Waals surface area contributed by atoms with E-state index in [0.29, 0.717) is 0 Å². The van der Waals surface area contributed by atoms with Gasteiger partial charge in [-0.25, -0.2) is 0 Å². The molecule has 0 bridgehead atoms. The summed E-state index contributed by atoms with van der Waals surface area (Å²) in [5.74, 6) is 0. The quantitative estimate of drug-likeness (QED) is 0.141. The van der Waals surface area contributed by atoms with E-state index < -0.39 is 0 Å². The highest BCUT2D eigenvalue weighted by atomic mass is 15.2. The lowest BCUT2D eigenvalue weighted by atomic mass is 9.34. The van der Waals surface area contributed by atoms with Gasteiger partial charge >= 0.3 is 0 Å². The largest absolute Gasteiger partial charge is 0.311 e. The van der Waals surface area contributed by atoms with Crippen molar-refractivity contribution in [2.24, 2.45) is 0 Å². The van der Waals surface area contributed by atoms with Crippen LogP contribution in [-0.2, 0) is 0 Å². The highest BCUT2D eigenvalue weighted by Crippen LogP contribution is 2.50. The molecule has 0 saturated heterocycles. The molecule has 0 unspecified atom stereocenters. The maximum absolute atomic E-state index is 2.64. The molecule has 398 valence electrons. The Morgan fingerprint density at radius 1 is 0.233 bits per heavy atom. The van der Waals surface area contributed by atoms with Gasteiger partial charge in [0.25, 0.3) is 13.4 Å². The van der Waals surface area contributed by atoms with E-state index in [2.05, 4.69) is 332 Å². The van der Waals surface area contributed by atoms with Gasteiger partial charge in [0.05, 0.1) is 22.4 Å². The Balaban J connectivity index is 0.939. The Hall–Kier alpha value is -11.2. The number of nitrogens with zero attached hydrogens (tertiary/aromatic N) is 6. The molecular formula is C78H50B2N6. The zero-order chi connectivity index (χ0) is 56.1. The first-order valence-corrected chi connectivity index (χ1v) is 29.8. The van der Waals surface area contributed by atoms with Gasteiger partial charge in [-0.1, -0.05) is 182 Å². The molecule has 6 heterocycles. The van der Waals surface area contributed by atoms with Gasteiger partial charge in [-0.15, -0.1) is 0 Å². The molecule has 15 aromatic rings. The van der Waals surface area contributed by atoms with E-state index in [9.17, 15) is 0 Å². The number of hydrogen-bond donors (Lipinski definition) is 0. The van der Waals surface area contributed by atoms with E-state index in [1.807, 2.05) is 0 Å². The monoisotopic (exact) mass is 1090 g/mol. The van der Waals surface area contributed by atoms with Crippen LogP contribution in [0.5, 0.6) is 0 Å². The van der Waals surface area contributed by atoms with Crippen LogP contribution in [0, 0.1) is 0 Å². The fourth-order valence-corrected chi connectivity index (χ4v) is 15.4. The summed E-state index contributed by atoms with van der Waals surface area (Å²) in [6.07, 6.45) is 0. The van der Waals surface area contributed by atoms with Crippen molar-refractivity contribution in [3.8, 4) is 11.4 Å². The lowest BCUT2D eigenvalue weighted by Crippen LogP contribution is -2.60. The minimum Gasteiger partial charge on any atom is -0.311 e. The molecule has 0 atom stereocenters. The SMILES string of the molecule is c1ccc(N(c2ccccc2)c2cc3c4c(c2)-n2c5cc6c7cccc8c7n(c6cc5c5cccc(c52)B4c2ccccc2N3c2ccccc2)-c2cc(N(c3ccccc3)c3ccccc3)cc3c2B8c2ccccc2N3c2ccccc2)cc1. The summed E-state index contributed by atoms with van der Waals surface area (Å²) in [5.41, 5.74) is 28.6. The van der Waals surface area contributed by atoms with Crippen molar-refractivity contribution >= 4 is 158 Å². The van der Waals surface area contributed by atoms with Crippen LogP contribution < -0.4 is 52.4 Å². The standard InChI is InChI=1S/C78H50B2N6/c1-7-25-51(26-8-1)81(52-27-9-2-10-28-52)57-45-71-75-73(47-57)85-69-49-62-60-38-24-42-66-78(60)86(70(62)50-61(69)59-37-23-41-65(77(59)85)79(75)63-39-19-21-43-67(63)83(71)55-33-15-5-16-34-55)74-48-58(82(53-29-11-3-12-30-53)54-31-13-4-14-32-54)46-72-76(74)80(66)64-40-20-22-44-68(64)84(72)56-35-17-6-18-36-56/h1-50H. The van der Waals surface area contributed by atoms with E-state index >= 15 is 0 Å². The Labute approximate surface area is 498 Å². The van der Waals surface area contributed by atoms with Gasteiger partial charge in [0.2, 0.25) is 0 Å². The van der Waals surface area contributed by atoms with Crippen molar-refractivity contribution < 1.29 is 0 Å². The van der Waals surface area contributed by atoms with Crippen LogP contribution in [0.3, 0.4) is 0 Å². The summed E-state index contributed by atoms with van der Waals surface area (Å²) in [6.45, 7) is -0.0488. The molecule has 0 fully saturated rings. The topological polar surface area (TPSA) is 22.8 Å². The average Bonchev–Trinajstić information content (AvgIpc) is 1.40. The molecule has 8 heteroatoms. The third-order valence-electron chi connectivity index (χ3n) is 18.7. The second-order valence-corrected chi connectivity index (χ2v) is 23.2. The third kappa shape index (κ3) is 6.58. The van der Waals surface area contributed by atoms with E-state index in [1.54, 1.807) is 0 Å². The molecule has 0 amide bonds. The molecule has 6 nitrogen and oxygen atoms in total. The number of rotatable bonds is 8. The van der Waals surface area contributed by atoms with Gasteiger partial charge in [-0.2, -0.15) is 0 Å². The molecule has 0 N–H and O–H groups in total. The van der Waals surface area contributed by atoms with Crippen molar-refractivity contribution in [3.63, 3.8) is 0 Å². The molecule has 4 aliphatic heterocycles. The van der Waals surface area contributed by atoms with Crippen molar-refractivity contribution in [1.82, 2.24) is 9.13 Å². The van der Waals surface area contributed by atoms with Crippen LogP contribution in [0.25, 0.3) is 55.0 Å². The van der Waals surface area contributed by atoms with Crippen LogP contribution in [-0.4, -0.2) is 22.6 Å². The predicted molar refractivity (Wildman–Crippen MR) is 363 cm³/mol. The number of hydrogen-bond acceptors (Lipinski definition) is 4. The van der Waals surface area contributed by atoms with Crippen molar-refractivity contribution in [2.75, 3.05) is 19.6 Å². The van der Waals surface area contributed by atoms with Gasteiger partial charge in [0, 0.05) is 101 Å². The lowest BCUT2D eigenvalue weighted by molar-refractivity contribution is 1.16. The first kappa shape index (κ1) is 47.3. The zero-order valence-corrected chi connectivity index (χ0v) is 46.7. The maximum atomic E-state index is 2.64. The minimum absolute atomic E-state index is 0.0244. The number of anilines is 12. The summed E-state index contributed by atoms with van der Waals surface area (Å²) in [4.78, 5) is 9.88. The van der Waals surface area contributed by atoms with Crippen molar-refractivity contribution in [3.05, 3.63) is 303 Å². The number of fused-ring (bicyclic) bond motifs is 14. The smallest absolute Gasteiger partial charge is 0.252 e. The highest BCUT2D eigenvalue weighted by molar-refractivity contribution is 7.01. The first-order chi connectivity index (χ1) is 42.7. The number of aromatic nitrogens is 2. The first-order valence-electron chi connectivity index (χ1n) is 29.8. The van der Waals surface area contributed by atoms with Crippen LogP contribution in [0.2, 0.25) is 0 Å². The molecular weight excluding hydrogens is 1040 g/mol. The van der Waals surface area contributed by atoms with Crippen LogP contribution >= 0.6 is 0 Å². The van der Waals surface area contributed by atoms with Crippen molar-refractivity contribution in [1.29, 1.82) is 0 Å². The van der Waals surface area contributed by atoms with E-state index in [-0.39, 0.29) is 13.4 Å². The van der Waals surface area contributed by atoms with Crippen LogP contribution in [0.4, 0.5) is 68.2 Å². The second kappa shape index (κ2) is 18.1. The maximum Gasteiger partial charge on any atom is 0.252 e. The molecule has 0 aliphatic carbocycles. The Bertz CT molecular complexity index is 4850. The average molecular weight is 1090 g/mol. The van der Waals surface area contributed by atoms with Crippen molar-refractivity contribution in [2.45, 2.75) is 0 Å². The second-order valence-electron chi connectivity index (χ2n) is 23.2. The minimum atomic E-state index is -0.0244. The van der Waals surface area contributed by atoms with E-state index in [0.717, 1.165) is 45.5 Å². The van der Waals surface area contributed by atoms with Crippen LogP contribution in [0.1, 0.15) is 0 Å².